The highest BCUT2D eigenvalue weighted by atomic mass is 16.5. The molecule has 2 atom stereocenters. The molecule has 2 aromatic rings. The summed E-state index contributed by atoms with van der Waals surface area (Å²) in [5.41, 5.74) is 1.80. The van der Waals surface area contributed by atoms with Crippen LogP contribution in [-0.2, 0) is 16.0 Å². The molecule has 5 heteroatoms. The number of carbonyl (C=O) groups is 2. The van der Waals surface area contributed by atoms with E-state index in [4.69, 9.17) is 4.74 Å². The largest absolute Gasteiger partial charge is 0.476 e. The number of aryl methyl sites for hydroxylation is 1. The van der Waals surface area contributed by atoms with Gasteiger partial charge in [0.1, 0.15) is 5.75 Å². The lowest BCUT2D eigenvalue weighted by atomic mass is 9.79. The molecule has 2 aliphatic rings. The highest BCUT2D eigenvalue weighted by molar-refractivity contribution is 5.84. The number of likely N-dealkylation sites (tertiary alicyclic amines) is 1. The zero-order chi connectivity index (χ0) is 20.3. The second-order valence-electron chi connectivity index (χ2n) is 8.19. The Hall–Kier alpha value is -2.82. The van der Waals surface area contributed by atoms with E-state index < -0.39 is 6.10 Å². The Morgan fingerprint density at radius 3 is 2.66 bits per heavy atom. The topological polar surface area (TPSA) is 58.6 Å². The van der Waals surface area contributed by atoms with Gasteiger partial charge in [-0.05, 0) is 30.9 Å². The predicted molar refractivity (Wildman–Crippen MR) is 112 cm³/mol. The van der Waals surface area contributed by atoms with E-state index in [0.29, 0.717) is 26.1 Å². The highest BCUT2D eigenvalue weighted by Gasteiger charge is 2.44. The van der Waals surface area contributed by atoms with Gasteiger partial charge in [-0.25, -0.2) is 0 Å². The summed E-state index contributed by atoms with van der Waals surface area (Å²) in [6.07, 6.45) is 2.54. The van der Waals surface area contributed by atoms with Crippen LogP contribution in [0.1, 0.15) is 43.4 Å². The van der Waals surface area contributed by atoms with Gasteiger partial charge in [-0.1, -0.05) is 55.5 Å². The van der Waals surface area contributed by atoms with Crippen molar-refractivity contribution in [3.8, 4) is 5.75 Å². The van der Waals surface area contributed by atoms with Crippen molar-refractivity contribution < 1.29 is 14.3 Å². The number of para-hydroxylation sites is 1. The van der Waals surface area contributed by atoms with Crippen LogP contribution >= 0.6 is 0 Å². The quantitative estimate of drug-likeness (QED) is 0.847. The number of hydrogen-bond donors (Lipinski definition) is 1. The lowest BCUT2D eigenvalue weighted by Crippen LogP contribution is -2.49. The lowest BCUT2D eigenvalue weighted by Gasteiger charge is -2.40. The van der Waals surface area contributed by atoms with E-state index in [9.17, 15) is 9.59 Å². The number of rotatable bonds is 5. The SMILES string of the molecule is CCc1ccccc1O[C@@H](C(=O)N1CCC[C@@]2(CNC(=O)C2)C1)c1ccccc1. The molecule has 1 N–H and O–H groups in total. The first kappa shape index (κ1) is 19.5. The lowest BCUT2D eigenvalue weighted by molar-refractivity contribution is -0.142. The molecule has 5 nitrogen and oxygen atoms in total. The molecule has 152 valence electrons. The fourth-order valence-electron chi connectivity index (χ4n) is 4.53. The van der Waals surface area contributed by atoms with Crippen molar-refractivity contribution in [3.05, 3.63) is 65.7 Å². The molecule has 2 saturated heterocycles. The van der Waals surface area contributed by atoms with E-state index in [1.165, 1.54) is 0 Å². The highest BCUT2D eigenvalue weighted by Crippen LogP contribution is 2.37. The molecular weight excluding hydrogens is 364 g/mol. The van der Waals surface area contributed by atoms with Gasteiger partial charge in [-0.15, -0.1) is 0 Å². The zero-order valence-electron chi connectivity index (χ0n) is 16.9. The molecule has 0 saturated carbocycles. The average molecular weight is 392 g/mol. The summed E-state index contributed by atoms with van der Waals surface area (Å²) in [6, 6.07) is 17.6. The normalized spacial score (nSPS) is 22.4. The van der Waals surface area contributed by atoms with Crippen LogP contribution in [0.2, 0.25) is 0 Å². The van der Waals surface area contributed by atoms with Gasteiger partial charge >= 0.3 is 0 Å². The Balaban J connectivity index is 1.61. The number of carbonyl (C=O) groups excluding carboxylic acids is 2. The Morgan fingerprint density at radius 2 is 1.93 bits per heavy atom. The molecule has 2 aliphatic heterocycles. The maximum atomic E-state index is 13.6. The van der Waals surface area contributed by atoms with Crippen molar-refractivity contribution in [2.45, 2.75) is 38.7 Å². The second kappa shape index (κ2) is 8.27. The summed E-state index contributed by atoms with van der Waals surface area (Å²) in [5, 5.41) is 2.95. The van der Waals surface area contributed by atoms with Crippen LogP contribution in [0.25, 0.3) is 0 Å². The molecule has 0 aliphatic carbocycles. The van der Waals surface area contributed by atoms with Crippen molar-refractivity contribution in [2.24, 2.45) is 5.41 Å². The van der Waals surface area contributed by atoms with Crippen LogP contribution in [-0.4, -0.2) is 36.3 Å². The predicted octanol–water partition coefficient (Wildman–Crippen LogP) is 3.50. The number of amides is 2. The summed E-state index contributed by atoms with van der Waals surface area (Å²) < 4.78 is 6.34. The van der Waals surface area contributed by atoms with E-state index in [2.05, 4.69) is 12.2 Å². The van der Waals surface area contributed by atoms with Crippen molar-refractivity contribution in [2.75, 3.05) is 19.6 Å². The molecule has 2 fully saturated rings. The van der Waals surface area contributed by atoms with Gasteiger partial charge in [-0.2, -0.15) is 0 Å². The maximum Gasteiger partial charge on any atom is 0.268 e. The Morgan fingerprint density at radius 1 is 1.17 bits per heavy atom. The molecule has 29 heavy (non-hydrogen) atoms. The number of nitrogens with one attached hydrogen (secondary N) is 1. The van der Waals surface area contributed by atoms with Crippen LogP contribution in [0.5, 0.6) is 5.75 Å². The van der Waals surface area contributed by atoms with E-state index in [1.54, 1.807) is 0 Å². The van der Waals surface area contributed by atoms with Gasteiger partial charge in [0.05, 0.1) is 0 Å². The van der Waals surface area contributed by atoms with E-state index >= 15 is 0 Å². The maximum absolute atomic E-state index is 13.6. The third kappa shape index (κ3) is 4.14. The molecule has 0 radical (unpaired) electrons. The third-order valence-electron chi connectivity index (χ3n) is 6.09. The summed E-state index contributed by atoms with van der Waals surface area (Å²) in [6.45, 7) is 4.05. The fraction of sp³-hybridized carbons (Fsp3) is 0.417. The monoisotopic (exact) mass is 392 g/mol. The molecule has 2 amide bonds. The number of hydrogen-bond acceptors (Lipinski definition) is 3. The summed E-state index contributed by atoms with van der Waals surface area (Å²) in [7, 11) is 0. The number of ether oxygens (including phenoxy) is 1. The fourth-order valence-corrected chi connectivity index (χ4v) is 4.53. The molecular formula is C24H28N2O3. The minimum absolute atomic E-state index is 0.0273. The van der Waals surface area contributed by atoms with Gasteiger partial charge in [0, 0.05) is 37.0 Å². The standard InChI is InChI=1S/C24H28N2O3/c1-2-18-9-6-7-12-20(18)29-22(19-10-4-3-5-11-19)23(28)26-14-8-13-24(17-26)15-21(27)25-16-24/h3-7,9-12,22H,2,8,13-17H2,1H3,(H,25,27)/t22-,24-/m1/s1. The van der Waals surface area contributed by atoms with Gasteiger partial charge < -0.3 is 15.0 Å². The Bertz CT molecular complexity index is 883. The Labute approximate surface area is 172 Å². The Kier molecular flexibility index (Phi) is 5.56. The minimum Gasteiger partial charge on any atom is -0.476 e. The average Bonchev–Trinajstić information content (AvgIpc) is 3.11. The first-order valence-corrected chi connectivity index (χ1v) is 10.5. The van der Waals surface area contributed by atoms with Crippen LogP contribution in [0.3, 0.4) is 0 Å². The number of nitrogens with zero attached hydrogens (tertiary/aromatic N) is 1. The second-order valence-corrected chi connectivity index (χ2v) is 8.19. The van der Waals surface area contributed by atoms with Gasteiger partial charge in [0.15, 0.2) is 0 Å². The van der Waals surface area contributed by atoms with E-state index in [-0.39, 0.29) is 17.2 Å². The minimum atomic E-state index is -0.691. The van der Waals surface area contributed by atoms with Crippen molar-refractivity contribution in [1.82, 2.24) is 10.2 Å². The van der Waals surface area contributed by atoms with Crippen molar-refractivity contribution in [1.29, 1.82) is 0 Å². The van der Waals surface area contributed by atoms with Gasteiger partial charge in [0.25, 0.3) is 5.91 Å². The smallest absolute Gasteiger partial charge is 0.268 e. The first-order valence-electron chi connectivity index (χ1n) is 10.5. The summed E-state index contributed by atoms with van der Waals surface area (Å²) >= 11 is 0. The first-order chi connectivity index (χ1) is 14.1. The number of benzene rings is 2. The van der Waals surface area contributed by atoms with Crippen molar-refractivity contribution >= 4 is 11.8 Å². The third-order valence-corrected chi connectivity index (χ3v) is 6.09. The van der Waals surface area contributed by atoms with Crippen LogP contribution in [0.4, 0.5) is 0 Å². The summed E-state index contributed by atoms with van der Waals surface area (Å²) in [4.78, 5) is 27.3. The van der Waals surface area contributed by atoms with Gasteiger partial charge in [-0.3, -0.25) is 9.59 Å². The molecule has 1 spiro atoms. The zero-order valence-corrected chi connectivity index (χ0v) is 16.9. The molecule has 0 unspecified atom stereocenters. The summed E-state index contributed by atoms with van der Waals surface area (Å²) in [5.74, 6) is 0.814. The molecule has 2 heterocycles. The molecule has 2 aromatic carbocycles. The molecule has 0 aromatic heterocycles. The van der Waals surface area contributed by atoms with Crippen LogP contribution in [0.15, 0.2) is 54.6 Å². The molecule has 0 bridgehead atoms. The van der Waals surface area contributed by atoms with E-state index in [0.717, 1.165) is 36.1 Å². The van der Waals surface area contributed by atoms with Crippen LogP contribution < -0.4 is 10.1 Å². The number of piperidine rings is 1. The van der Waals surface area contributed by atoms with Crippen molar-refractivity contribution in [3.63, 3.8) is 0 Å². The molecule has 4 rings (SSSR count). The van der Waals surface area contributed by atoms with Gasteiger partial charge in [0.2, 0.25) is 12.0 Å². The van der Waals surface area contributed by atoms with E-state index in [1.807, 2.05) is 59.5 Å². The van der Waals surface area contributed by atoms with Crippen LogP contribution in [0, 0.1) is 5.41 Å².